The minimum Gasteiger partial charge on any atom is -0.493 e. The third-order valence-corrected chi connectivity index (χ3v) is 5.51. The summed E-state index contributed by atoms with van der Waals surface area (Å²) in [6, 6.07) is 9.33. The van der Waals surface area contributed by atoms with Gasteiger partial charge in [0.15, 0.2) is 10.9 Å². The van der Waals surface area contributed by atoms with Crippen LogP contribution in [0.2, 0.25) is 0 Å². The smallest absolute Gasteiger partial charge is 0.298 e. The second-order valence-electron chi connectivity index (χ2n) is 6.12. The molecule has 145 valence electrons. The zero-order valence-corrected chi connectivity index (χ0v) is 19.2. The number of ether oxygens (including phenoxy) is 3. The normalized spacial score (nSPS) is 16.5. The summed E-state index contributed by atoms with van der Waals surface area (Å²) in [5.41, 5.74) is 3.11. The van der Waals surface area contributed by atoms with Crippen LogP contribution in [0.1, 0.15) is 11.3 Å². The first-order valence-electron chi connectivity index (χ1n) is 8.66. The van der Waals surface area contributed by atoms with Gasteiger partial charge in [-0.2, -0.15) is 0 Å². The van der Waals surface area contributed by atoms with Crippen molar-refractivity contribution in [2.24, 2.45) is 0 Å². The first-order chi connectivity index (χ1) is 13.7. The molecule has 2 aromatic heterocycles. The van der Waals surface area contributed by atoms with Gasteiger partial charge >= 0.3 is 0 Å². The van der Waals surface area contributed by atoms with Gasteiger partial charge in [-0.05, 0) is 37.3 Å². The number of aromatic nitrogens is 3. The van der Waals surface area contributed by atoms with E-state index in [1.807, 2.05) is 31.2 Å². The molecular formula is C20H19N3NaO4S. The molecule has 29 heavy (non-hydrogen) atoms. The number of aromatic amines is 1. The molecule has 0 bridgehead atoms. The number of rotatable bonds is 6. The zero-order valence-electron chi connectivity index (χ0n) is 16.4. The van der Waals surface area contributed by atoms with Crippen molar-refractivity contribution in [3.05, 3.63) is 72.0 Å². The molecule has 0 amide bonds. The molecule has 0 saturated heterocycles. The number of hydrogen-bond donors (Lipinski definition) is 1. The molecule has 0 spiro atoms. The molecule has 1 radical (unpaired) electrons. The Bertz CT molecular complexity index is 1060. The average Bonchev–Trinajstić information content (AvgIpc) is 3.16. The molecule has 9 heteroatoms. The largest absolute Gasteiger partial charge is 0.493 e. The summed E-state index contributed by atoms with van der Waals surface area (Å²) in [5, 5.41) is 0.430. The number of nitrogens with one attached hydrogen (secondary N) is 1. The Morgan fingerprint density at radius 3 is 2.90 bits per heavy atom. The summed E-state index contributed by atoms with van der Waals surface area (Å²) in [6.45, 7) is 1.88. The van der Waals surface area contributed by atoms with E-state index in [-0.39, 0.29) is 35.3 Å². The topological polar surface area (TPSA) is 86.3 Å². The van der Waals surface area contributed by atoms with Gasteiger partial charge in [0.05, 0.1) is 46.7 Å². The van der Waals surface area contributed by atoms with Crippen molar-refractivity contribution in [3.8, 4) is 5.75 Å². The Kier molecular flexibility index (Phi) is 7.13. The molecule has 2 unspecified atom stereocenters. The van der Waals surface area contributed by atoms with E-state index in [2.05, 4.69) is 15.0 Å². The molecule has 1 aliphatic rings. The van der Waals surface area contributed by atoms with E-state index in [0.717, 1.165) is 16.6 Å². The van der Waals surface area contributed by atoms with Crippen LogP contribution in [-0.2, 0) is 26.0 Å². The Morgan fingerprint density at radius 1 is 1.28 bits per heavy atom. The van der Waals surface area contributed by atoms with Gasteiger partial charge in [0.1, 0.15) is 5.75 Å². The maximum atomic E-state index is 12.8. The van der Waals surface area contributed by atoms with Crippen LogP contribution >= 0.6 is 0 Å². The number of para-hydroxylation sites is 2. The van der Waals surface area contributed by atoms with E-state index in [9.17, 15) is 4.21 Å². The van der Waals surface area contributed by atoms with Gasteiger partial charge in [0.2, 0.25) is 0 Å². The van der Waals surface area contributed by atoms with Crippen LogP contribution in [-0.4, -0.2) is 62.1 Å². The van der Waals surface area contributed by atoms with E-state index < -0.39 is 17.1 Å². The molecule has 2 atom stereocenters. The molecule has 7 nitrogen and oxygen atoms in total. The van der Waals surface area contributed by atoms with Crippen molar-refractivity contribution < 1.29 is 18.4 Å². The summed E-state index contributed by atoms with van der Waals surface area (Å²) >= 11 is 0. The number of nitrogens with zero attached hydrogens (tertiary/aromatic N) is 2. The summed E-state index contributed by atoms with van der Waals surface area (Å²) in [5.74, 6) is 1.38. The summed E-state index contributed by atoms with van der Waals surface area (Å²) in [4.78, 5) is 11.9. The van der Waals surface area contributed by atoms with Crippen molar-refractivity contribution in [3.63, 3.8) is 0 Å². The molecule has 4 rings (SSSR count). The van der Waals surface area contributed by atoms with E-state index in [0.29, 0.717) is 22.4 Å². The molecule has 1 aromatic carbocycles. The third kappa shape index (κ3) is 4.72. The van der Waals surface area contributed by atoms with Crippen molar-refractivity contribution in [1.82, 2.24) is 15.0 Å². The van der Waals surface area contributed by atoms with Crippen molar-refractivity contribution in [2.45, 2.75) is 24.1 Å². The van der Waals surface area contributed by atoms with Gasteiger partial charge in [-0.15, -0.1) is 0 Å². The van der Waals surface area contributed by atoms with Crippen LogP contribution in [0.3, 0.4) is 0 Å². The maximum absolute atomic E-state index is 12.8. The molecule has 0 aliphatic carbocycles. The number of fused-ring (bicyclic) bond motifs is 1. The quantitative estimate of drug-likeness (QED) is 0.617. The second kappa shape index (κ2) is 9.58. The molecule has 1 aliphatic heterocycles. The van der Waals surface area contributed by atoms with E-state index in [1.165, 1.54) is 0 Å². The molecular weight excluding hydrogens is 401 g/mol. The summed E-state index contributed by atoms with van der Waals surface area (Å²) in [7, 11) is 0.197. The molecule has 3 aromatic rings. The molecule has 0 saturated carbocycles. The van der Waals surface area contributed by atoms with Gasteiger partial charge in [-0.25, -0.2) is 4.98 Å². The van der Waals surface area contributed by atoms with Gasteiger partial charge in [-0.1, -0.05) is 12.1 Å². The monoisotopic (exact) mass is 420 g/mol. The number of pyridine rings is 1. The Balaban J connectivity index is 0.00000240. The fourth-order valence-electron chi connectivity index (χ4n) is 2.82. The van der Waals surface area contributed by atoms with E-state index in [1.54, 1.807) is 37.8 Å². The van der Waals surface area contributed by atoms with Crippen molar-refractivity contribution >= 4 is 51.4 Å². The number of H-pyrrole nitrogens is 1. The predicted octanol–water partition coefficient (Wildman–Crippen LogP) is 2.97. The fraction of sp³-hybridized carbons (Fsp3) is 0.200. The maximum Gasteiger partial charge on any atom is 0.298 e. The predicted molar refractivity (Wildman–Crippen MR) is 111 cm³/mol. The van der Waals surface area contributed by atoms with Crippen LogP contribution in [0.4, 0.5) is 0 Å². The molecule has 1 N–H and O–H groups in total. The molecule has 0 fully saturated rings. The number of benzene rings is 1. The Morgan fingerprint density at radius 2 is 2.10 bits per heavy atom. The molecule has 3 heterocycles. The number of allylic oxidation sites excluding steroid dienone is 2. The van der Waals surface area contributed by atoms with Crippen molar-refractivity contribution in [2.75, 3.05) is 7.11 Å². The SMILES string of the molecule is COC1=CC=COC1Oc1ccnc(CS(=O)c2nc3ccccc3[nH]2)c1C.[Na]. The van der Waals surface area contributed by atoms with Crippen LogP contribution in [0.5, 0.6) is 5.75 Å². The zero-order chi connectivity index (χ0) is 19.5. The summed E-state index contributed by atoms with van der Waals surface area (Å²) in [6.07, 6.45) is 6.01. The first kappa shape index (κ1) is 21.6. The van der Waals surface area contributed by atoms with E-state index >= 15 is 0 Å². The van der Waals surface area contributed by atoms with Crippen LogP contribution in [0.15, 0.2) is 65.9 Å². The standard InChI is InChI=1S/C20H19N3O4S.Na/c1-13-16(12-28(24)20-22-14-6-3-4-7-15(14)23-20)21-10-9-17(13)27-19-18(25-2)8-5-11-26-19;/h3-11,19H,12H2,1-2H3,(H,22,23);. The summed E-state index contributed by atoms with van der Waals surface area (Å²) < 4.78 is 29.5. The third-order valence-electron chi connectivity index (χ3n) is 4.35. The minimum atomic E-state index is -1.36. The average molecular weight is 420 g/mol. The van der Waals surface area contributed by atoms with Gasteiger partial charge in [-0.3, -0.25) is 9.19 Å². The van der Waals surface area contributed by atoms with Gasteiger partial charge < -0.3 is 19.2 Å². The van der Waals surface area contributed by atoms with Crippen LogP contribution < -0.4 is 4.74 Å². The number of imidazole rings is 1. The van der Waals surface area contributed by atoms with E-state index in [4.69, 9.17) is 14.2 Å². The van der Waals surface area contributed by atoms with Crippen molar-refractivity contribution in [1.29, 1.82) is 0 Å². The number of hydrogen-bond acceptors (Lipinski definition) is 6. The second-order valence-corrected chi connectivity index (χ2v) is 7.48. The Labute approximate surface area is 192 Å². The van der Waals surface area contributed by atoms with Crippen LogP contribution in [0, 0.1) is 6.92 Å². The Hall–Kier alpha value is -2.13. The fourth-order valence-corrected chi connectivity index (χ4v) is 3.92. The van der Waals surface area contributed by atoms with Crippen LogP contribution in [0.25, 0.3) is 11.0 Å². The van der Waals surface area contributed by atoms with Gasteiger partial charge in [0.25, 0.3) is 6.29 Å². The van der Waals surface area contributed by atoms with Gasteiger partial charge in [0, 0.05) is 41.3 Å². The number of methoxy groups -OCH3 is 1. The minimum absolute atomic E-state index is 0. The first-order valence-corrected chi connectivity index (χ1v) is 9.98.